The number of aryl methyl sites for hydroxylation is 2. The van der Waals surface area contributed by atoms with Crippen molar-refractivity contribution < 1.29 is 0 Å². The van der Waals surface area contributed by atoms with Crippen molar-refractivity contribution in [2.24, 2.45) is 0 Å². The molecule has 194 valence electrons. The van der Waals surface area contributed by atoms with Crippen molar-refractivity contribution in [3.63, 3.8) is 0 Å². The second-order valence-corrected chi connectivity index (χ2v) is 10.3. The van der Waals surface area contributed by atoms with Crippen LogP contribution < -0.4 is 10.2 Å². The Hall–Kier alpha value is -3.29. The van der Waals surface area contributed by atoms with Gasteiger partial charge >= 0.3 is 0 Å². The molecule has 1 fully saturated rings. The van der Waals surface area contributed by atoms with E-state index in [1.807, 2.05) is 25.5 Å². The fraction of sp³-hybridized carbons (Fsp3) is 0.433. The normalized spacial score (nSPS) is 18.3. The fourth-order valence-electron chi connectivity index (χ4n) is 5.44. The summed E-state index contributed by atoms with van der Waals surface area (Å²) in [6.07, 6.45) is 19.4. The molecule has 2 aliphatic heterocycles. The minimum atomic E-state index is 0.608. The van der Waals surface area contributed by atoms with Gasteiger partial charge in [-0.05, 0) is 83.1 Å². The molecule has 0 aromatic carbocycles. The summed E-state index contributed by atoms with van der Waals surface area (Å²) in [6.45, 7) is 2.85. The van der Waals surface area contributed by atoms with E-state index >= 15 is 0 Å². The molecular formula is C30H39N7. The Morgan fingerprint density at radius 2 is 1.97 bits per heavy atom. The predicted molar refractivity (Wildman–Crippen MR) is 152 cm³/mol. The minimum Gasteiger partial charge on any atom is -0.355 e. The number of hydrogen-bond acceptors (Lipinski definition) is 6. The number of pyridine rings is 2. The van der Waals surface area contributed by atoms with E-state index in [4.69, 9.17) is 9.97 Å². The van der Waals surface area contributed by atoms with Crippen LogP contribution in [0.25, 0.3) is 17.5 Å². The molecule has 1 aliphatic carbocycles. The molecule has 3 aliphatic rings. The lowest BCUT2D eigenvalue weighted by Crippen LogP contribution is -2.31. The van der Waals surface area contributed by atoms with E-state index in [2.05, 4.69) is 81.4 Å². The predicted octanol–water partition coefficient (Wildman–Crippen LogP) is 4.35. The Morgan fingerprint density at radius 3 is 2.73 bits per heavy atom. The maximum atomic E-state index is 4.86. The number of imidazole rings is 1. The number of aromatic nitrogens is 4. The lowest BCUT2D eigenvalue weighted by atomic mass is 9.96. The molecule has 1 atom stereocenters. The zero-order valence-electron chi connectivity index (χ0n) is 22.4. The highest BCUT2D eigenvalue weighted by atomic mass is 15.3. The summed E-state index contributed by atoms with van der Waals surface area (Å²) in [7, 11) is 6.27. The van der Waals surface area contributed by atoms with Crippen LogP contribution in [0.1, 0.15) is 42.0 Å². The molecular weight excluding hydrogens is 458 g/mol. The fourth-order valence-corrected chi connectivity index (χ4v) is 5.44. The van der Waals surface area contributed by atoms with Crippen molar-refractivity contribution in [3.05, 3.63) is 77.7 Å². The van der Waals surface area contributed by atoms with E-state index in [1.54, 1.807) is 0 Å². The van der Waals surface area contributed by atoms with E-state index in [-0.39, 0.29) is 0 Å². The number of fused-ring (bicyclic) bond motifs is 2. The van der Waals surface area contributed by atoms with Gasteiger partial charge in [-0.25, -0.2) is 9.97 Å². The van der Waals surface area contributed by atoms with Crippen LogP contribution in [-0.4, -0.2) is 64.7 Å². The van der Waals surface area contributed by atoms with Gasteiger partial charge in [0.25, 0.3) is 0 Å². The molecule has 1 unspecified atom stereocenters. The van der Waals surface area contributed by atoms with Gasteiger partial charge in [0.05, 0.1) is 11.4 Å². The third-order valence-electron chi connectivity index (χ3n) is 7.52. The van der Waals surface area contributed by atoms with Gasteiger partial charge in [0.2, 0.25) is 0 Å². The Balaban J connectivity index is 0.000000233. The first kappa shape index (κ1) is 25.4. The third kappa shape index (κ3) is 5.84. The summed E-state index contributed by atoms with van der Waals surface area (Å²) in [5, 5.41) is 3.24. The van der Waals surface area contributed by atoms with Crippen LogP contribution in [0.3, 0.4) is 0 Å². The van der Waals surface area contributed by atoms with Crippen LogP contribution in [0.2, 0.25) is 0 Å². The second kappa shape index (κ2) is 11.8. The van der Waals surface area contributed by atoms with Crippen LogP contribution >= 0.6 is 0 Å². The molecule has 1 N–H and O–H groups in total. The van der Waals surface area contributed by atoms with Crippen molar-refractivity contribution in [1.82, 2.24) is 29.7 Å². The van der Waals surface area contributed by atoms with Gasteiger partial charge in [0.1, 0.15) is 11.6 Å². The first-order valence-corrected chi connectivity index (χ1v) is 13.5. The van der Waals surface area contributed by atoms with E-state index in [9.17, 15) is 0 Å². The molecule has 7 nitrogen and oxygen atoms in total. The summed E-state index contributed by atoms with van der Waals surface area (Å²) in [5.41, 5.74) is 6.10. The van der Waals surface area contributed by atoms with E-state index in [1.165, 1.54) is 43.4 Å². The Labute approximate surface area is 221 Å². The number of hydrogen-bond donors (Lipinski definition) is 1. The highest BCUT2D eigenvalue weighted by Crippen LogP contribution is 2.29. The van der Waals surface area contributed by atoms with Crippen LogP contribution in [0.4, 0.5) is 5.82 Å². The molecule has 0 saturated carbocycles. The molecule has 0 radical (unpaired) electrons. The van der Waals surface area contributed by atoms with Crippen molar-refractivity contribution in [2.45, 2.75) is 51.1 Å². The third-order valence-corrected chi connectivity index (χ3v) is 7.52. The number of anilines is 1. The Morgan fingerprint density at radius 1 is 1.08 bits per heavy atom. The molecule has 5 heterocycles. The molecule has 1 saturated heterocycles. The van der Waals surface area contributed by atoms with Gasteiger partial charge in [-0.1, -0.05) is 18.2 Å². The molecule has 0 spiro atoms. The van der Waals surface area contributed by atoms with E-state index < -0.39 is 0 Å². The van der Waals surface area contributed by atoms with Gasteiger partial charge < -0.3 is 19.7 Å². The minimum absolute atomic E-state index is 0.608. The van der Waals surface area contributed by atoms with Crippen LogP contribution in [0.15, 0.2) is 54.9 Å². The number of nitrogens with zero attached hydrogens (tertiary/aromatic N) is 6. The van der Waals surface area contributed by atoms with Gasteiger partial charge in [0.15, 0.2) is 0 Å². The Bertz CT molecular complexity index is 1210. The van der Waals surface area contributed by atoms with Gasteiger partial charge in [-0.2, -0.15) is 0 Å². The lowest BCUT2D eigenvalue weighted by molar-refractivity contribution is 0.315. The molecule has 7 heteroatoms. The maximum absolute atomic E-state index is 4.86. The van der Waals surface area contributed by atoms with E-state index in [0.717, 1.165) is 54.6 Å². The molecule has 0 bridgehead atoms. The first-order valence-electron chi connectivity index (χ1n) is 13.5. The maximum Gasteiger partial charge on any atom is 0.128 e. The molecule has 3 aromatic rings. The highest BCUT2D eigenvalue weighted by Gasteiger charge is 2.25. The van der Waals surface area contributed by atoms with Crippen molar-refractivity contribution >= 4 is 12.0 Å². The quantitative estimate of drug-likeness (QED) is 0.566. The summed E-state index contributed by atoms with van der Waals surface area (Å²) in [6, 6.07) is 9.17. The SMILES string of the molecule is CNCc1nc2n(c1-c1ccc(N3CCC(N(C)C)C3)nc1)C=CC=CC2.c1cnc2c(c1)CCCC2. The summed E-state index contributed by atoms with van der Waals surface area (Å²) >= 11 is 0. The van der Waals surface area contributed by atoms with Crippen molar-refractivity contribution in [1.29, 1.82) is 0 Å². The summed E-state index contributed by atoms with van der Waals surface area (Å²) < 4.78 is 2.20. The second-order valence-electron chi connectivity index (χ2n) is 10.3. The topological polar surface area (TPSA) is 62.1 Å². The number of nitrogens with one attached hydrogen (secondary N) is 1. The largest absolute Gasteiger partial charge is 0.355 e. The van der Waals surface area contributed by atoms with Crippen molar-refractivity contribution in [2.75, 3.05) is 39.1 Å². The zero-order chi connectivity index (χ0) is 25.6. The molecule has 0 amide bonds. The molecule has 37 heavy (non-hydrogen) atoms. The first-order chi connectivity index (χ1) is 18.1. The average Bonchev–Trinajstić information content (AvgIpc) is 3.49. The molecule has 6 rings (SSSR count). The molecule has 3 aromatic heterocycles. The Kier molecular flexibility index (Phi) is 8.12. The lowest BCUT2D eigenvalue weighted by Gasteiger charge is -2.21. The van der Waals surface area contributed by atoms with Crippen LogP contribution in [-0.2, 0) is 25.8 Å². The van der Waals surface area contributed by atoms with E-state index in [0.29, 0.717) is 6.04 Å². The van der Waals surface area contributed by atoms with Gasteiger partial charge in [-0.15, -0.1) is 0 Å². The number of likely N-dealkylation sites (N-methyl/N-ethyl adjacent to an activating group) is 1. The summed E-state index contributed by atoms with van der Waals surface area (Å²) in [5.74, 6) is 2.13. The number of allylic oxidation sites excluding steroid dienone is 3. The monoisotopic (exact) mass is 497 g/mol. The highest BCUT2D eigenvalue weighted by molar-refractivity contribution is 5.67. The van der Waals surface area contributed by atoms with Gasteiger partial charge in [0, 0.05) is 61.9 Å². The summed E-state index contributed by atoms with van der Waals surface area (Å²) in [4.78, 5) is 18.7. The smallest absolute Gasteiger partial charge is 0.128 e. The van der Waals surface area contributed by atoms with Crippen LogP contribution in [0, 0.1) is 0 Å². The van der Waals surface area contributed by atoms with Crippen LogP contribution in [0.5, 0.6) is 0 Å². The average molecular weight is 498 g/mol. The standard InChI is InChI=1S/C21H28N6.C9H11N/c1-22-14-18-21(27-11-6-4-5-7-20(27)24-18)16-8-9-19(23-13-16)26-12-10-17(15-26)25(2)3;1-2-6-9-8(4-1)5-3-7-10-9/h4-6,8-9,11,13,17,22H,7,10,12,14-15H2,1-3H3;3,5,7H,1-2,4,6H2. The van der Waals surface area contributed by atoms with Crippen molar-refractivity contribution in [3.8, 4) is 11.3 Å². The van der Waals surface area contributed by atoms with Gasteiger partial charge in [-0.3, -0.25) is 4.98 Å². The number of rotatable bonds is 5. The zero-order valence-corrected chi connectivity index (χ0v) is 22.4.